The summed E-state index contributed by atoms with van der Waals surface area (Å²) in [6.45, 7) is 3.31. The molecule has 0 atom stereocenters. The maximum atomic E-state index is 12.4. The largest absolute Gasteiger partial charge is 0.315 e. The van der Waals surface area contributed by atoms with E-state index >= 15 is 0 Å². The van der Waals surface area contributed by atoms with Crippen molar-refractivity contribution in [2.75, 3.05) is 13.6 Å². The minimum atomic E-state index is -3.37. The molecule has 19 heavy (non-hydrogen) atoms. The molecule has 1 aromatic rings. The molecule has 0 spiro atoms. The predicted octanol–water partition coefficient (Wildman–Crippen LogP) is 2.33. The second-order valence-corrected chi connectivity index (χ2v) is 8.32. The van der Waals surface area contributed by atoms with Gasteiger partial charge in [-0.05, 0) is 36.8 Å². The lowest BCUT2D eigenvalue weighted by molar-refractivity contribution is 0.336. The number of sulfonamides is 1. The molecule has 1 aromatic heterocycles. The Hall–Kier alpha value is -0.430. The molecule has 0 aliphatic heterocycles. The highest BCUT2D eigenvalue weighted by Crippen LogP contribution is 2.37. The fourth-order valence-corrected chi connectivity index (χ4v) is 5.26. The second kappa shape index (κ2) is 5.91. The Morgan fingerprint density at radius 1 is 1.37 bits per heavy atom. The summed E-state index contributed by atoms with van der Waals surface area (Å²) in [6.07, 6.45) is 4.65. The van der Waals surface area contributed by atoms with Crippen molar-refractivity contribution in [3.63, 3.8) is 0 Å². The first-order valence-corrected chi connectivity index (χ1v) is 9.04. The van der Waals surface area contributed by atoms with Gasteiger partial charge in [-0.1, -0.05) is 19.8 Å². The van der Waals surface area contributed by atoms with E-state index in [0.29, 0.717) is 18.0 Å². The van der Waals surface area contributed by atoms with E-state index in [4.69, 9.17) is 0 Å². The zero-order valence-electron chi connectivity index (χ0n) is 11.5. The Balaban J connectivity index is 2.07. The van der Waals surface area contributed by atoms with Crippen molar-refractivity contribution in [2.45, 2.75) is 44.0 Å². The van der Waals surface area contributed by atoms with Gasteiger partial charge in [0.1, 0.15) is 0 Å². The lowest BCUT2D eigenvalue weighted by atomic mass is 9.89. The number of hydrogen-bond donors (Lipinski definition) is 2. The van der Waals surface area contributed by atoms with Gasteiger partial charge in [-0.3, -0.25) is 0 Å². The highest BCUT2D eigenvalue weighted by Gasteiger charge is 2.30. The third kappa shape index (κ3) is 3.56. The van der Waals surface area contributed by atoms with E-state index in [1.54, 1.807) is 6.07 Å². The number of rotatable bonds is 6. The van der Waals surface area contributed by atoms with E-state index in [9.17, 15) is 8.42 Å². The molecule has 2 N–H and O–H groups in total. The van der Waals surface area contributed by atoms with Gasteiger partial charge >= 0.3 is 0 Å². The second-order valence-electron chi connectivity index (χ2n) is 5.58. The maximum Gasteiger partial charge on any atom is 0.241 e. The molecule has 1 saturated carbocycles. The summed E-state index contributed by atoms with van der Waals surface area (Å²) in [4.78, 5) is 1.29. The van der Waals surface area contributed by atoms with Crippen molar-refractivity contribution in [1.82, 2.24) is 10.0 Å². The fourth-order valence-electron chi connectivity index (χ4n) is 2.61. The summed E-state index contributed by atoms with van der Waals surface area (Å²) in [7, 11) is -1.55. The number of hydrogen-bond acceptors (Lipinski definition) is 4. The smallest absolute Gasteiger partial charge is 0.241 e. The molecule has 1 heterocycles. The SMILES string of the molecule is CNCc1sccc1S(=O)(=O)NCC1(C)CCCC1. The molecule has 6 heteroatoms. The zero-order valence-corrected chi connectivity index (χ0v) is 13.2. The first-order chi connectivity index (χ1) is 8.97. The van der Waals surface area contributed by atoms with Gasteiger partial charge < -0.3 is 5.32 Å². The lowest BCUT2D eigenvalue weighted by Crippen LogP contribution is -2.34. The van der Waals surface area contributed by atoms with Crippen molar-refractivity contribution >= 4 is 21.4 Å². The van der Waals surface area contributed by atoms with E-state index in [1.165, 1.54) is 24.2 Å². The Morgan fingerprint density at radius 2 is 2.05 bits per heavy atom. The molecule has 1 fully saturated rings. The van der Waals surface area contributed by atoms with Crippen LogP contribution in [0.25, 0.3) is 0 Å². The van der Waals surface area contributed by atoms with Gasteiger partial charge in [0.15, 0.2) is 0 Å². The minimum Gasteiger partial charge on any atom is -0.315 e. The molecular weight excluding hydrogens is 280 g/mol. The first-order valence-electron chi connectivity index (χ1n) is 6.67. The highest BCUT2D eigenvalue weighted by atomic mass is 32.2. The molecule has 0 saturated heterocycles. The number of nitrogens with one attached hydrogen (secondary N) is 2. The van der Waals surface area contributed by atoms with Gasteiger partial charge in [0, 0.05) is 18.0 Å². The van der Waals surface area contributed by atoms with E-state index in [1.807, 2.05) is 12.4 Å². The van der Waals surface area contributed by atoms with Crippen LogP contribution >= 0.6 is 11.3 Å². The van der Waals surface area contributed by atoms with E-state index in [0.717, 1.165) is 17.7 Å². The summed E-state index contributed by atoms with van der Waals surface area (Å²) in [5.74, 6) is 0. The fraction of sp³-hybridized carbons (Fsp3) is 0.692. The van der Waals surface area contributed by atoms with Crippen LogP contribution in [0, 0.1) is 5.41 Å². The average Bonchev–Trinajstić information content (AvgIpc) is 2.98. The molecule has 108 valence electrons. The van der Waals surface area contributed by atoms with E-state index < -0.39 is 10.0 Å². The molecule has 1 aliphatic rings. The minimum absolute atomic E-state index is 0.131. The van der Waals surface area contributed by atoms with Crippen molar-refractivity contribution in [3.8, 4) is 0 Å². The summed E-state index contributed by atoms with van der Waals surface area (Å²) in [5, 5.41) is 4.84. The van der Waals surface area contributed by atoms with Crippen LogP contribution in [0.15, 0.2) is 16.3 Å². The van der Waals surface area contributed by atoms with Gasteiger partial charge in [0.25, 0.3) is 0 Å². The van der Waals surface area contributed by atoms with Gasteiger partial charge in [0.2, 0.25) is 10.0 Å². The molecule has 0 unspecified atom stereocenters. The van der Waals surface area contributed by atoms with Crippen LogP contribution in [0.5, 0.6) is 0 Å². The highest BCUT2D eigenvalue weighted by molar-refractivity contribution is 7.89. The van der Waals surface area contributed by atoms with Crippen molar-refractivity contribution in [3.05, 3.63) is 16.3 Å². The molecule has 4 nitrogen and oxygen atoms in total. The molecule has 1 aliphatic carbocycles. The van der Waals surface area contributed by atoms with Crippen LogP contribution in [-0.2, 0) is 16.6 Å². The molecule has 0 bridgehead atoms. The van der Waals surface area contributed by atoms with Gasteiger partial charge in [-0.2, -0.15) is 0 Å². The Bertz CT molecular complexity index is 517. The van der Waals surface area contributed by atoms with Crippen LogP contribution in [-0.4, -0.2) is 22.0 Å². The Kier molecular flexibility index (Phi) is 4.66. The predicted molar refractivity (Wildman–Crippen MR) is 78.8 cm³/mol. The zero-order chi connectivity index (χ0) is 13.9. The van der Waals surface area contributed by atoms with Crippen molar-refractivity contribution in [1.29, 1.82) is 0 Å². The van der Waals surface area contributed by atoms with Crippen molar-refractivity contribution < 1.29 is 8.42 Å². The molecular formula is C13H22N2O2S2. The molecule has 0 amide bonds. The average molecular weight is 302 g/mol. The summed E-state index contributed by atoms with van der Waals surface area (Å²) < 4.78 is 27.5. The van der Waals surface area contributed by atoms with E-state index in [2.05, 4.69) is 17.0 Å². The third-order valence-electron chi connectivity index (χ3n) is 3.83. The summed E-state index contributed by atoms with van der Waals surface area (Å²) >= 11 is 1.48. The van der Waals surface area contributed by atoms with Crippen LogP contribution in [0.4, 0.5) is 0 Å². The van der Waals surface area contributed by atoms with Crippen LogP contribution in [0.2, 0.25) is 0 Å². The summed E-state index contributed by atoms with van der Waals surface area (Å²) in [5.41, 5.74) is 0.131. The first kappa shape index (κ1) is 15.0. The standard InChI is InChI=1S/C13H22N2O2S2/c1-13(6-3-4-7-13)10-15-19(16,17)12-5-8-18-11(12)9-14-2/h5,8,14-15H,3-4,6-7,9-10H2,1-2H3. The van der Waals surface area contributed by atoms with Gasteiger partial charge in [0.05, 0.1) is 4.90 Å². The van der Waals surface area contributed by atoms with E-state index in [-0.39, 0.29) is 5.41 Å². The van der Waals surface area contributed by atoms with Crippen LogP contribution < -0.4 is 10.0 Å². The normalized spacial score (nSPS) is 18.8. The number of thiophene rings is 1. The monoisotopic (exact) mass is 302 g/mol. The van der Waals surface area contributed by atoms with Crippen molar-refractivity contribution in [2.24, 2.45) is 5.41 Å². The van der Waals surface area contributed by atoms with Gasteiger partial charge in [-0.25, -0.2) is 13.1 Å². The molecule has 0 aromatic carbocycles. The van der Waals surface area contributed by atoms with Crippen LogP contribution in [0.1, 0.15) is 37.5 Å². The summed E-state index contributed by atoms with van der Waals surface area (Å²) in [6, 6.07) is 1.69. The Morgan fingerprint density at radius 3 is 2.68 bits per heavy atom. The Labute approximate surface area is 119 Å². The lowest BCUT2D eigenvalue weighted by Gasteiger charge is -2.23. The maximum absolute atomic E-state index is 12.4. The topological polar surface area (TPSA) is 58.2 Å². The van der Waals surface area contributed by atoms with Crippen LogP contribution in [0.3, 0.4) is 0 Å². The third-order valence-corrected chi connectivity index (χ3v) is 6.37. The molecule has 0 radical (unpaired) electrons. The quantitative estimate of drug-likeness (QED) is 0.848. The molecule has 2 rings (SSSR count). The van der Waals surface area contributed by atoms with Gasteiger partial charge in [-0.15, -0.1) is 11.3 Å².